The van der Waals surface area contributed by atoms with E-state index in [1.165, 1.54) is 6.26 Å². The molecule has 0 saturated carbocycles. The van der Waals surface area contributed by atoms with Crippen LogP contribution in [0.3, 0.4) is 0 Å². The van der Waals surface area contributed by atoms with Crippen LogP contribution < -0.4 is 4.90 Å². The lowest BCUT2D eigenvalue weighted by atomic mass is 9.87. The zero-order valence-electron chi connectivity index (χ0n) is 18.3. The molecule has 1 unspecified atom stereocenters. The Hall–Kier alpha value is -2.54. The van der Waals surface area contributed by atoms with E-state index in [1.54, 1.807) is 23.1 Å². The molecule has 30 heavy (non-hydrogen) atoms. The summed E-state index contributed by atoms with van der Waals surface area (Å²) in [7, 11) is -3.30. The first-order valence-electron chi connectivity index (χ1n) is 10.0. The molecule has 1 atom stereocenters. The fourth-order valence-corrected chi connectivity index (χ4v) is 4.45. The van der Waals surface area contributed by atoms with Crippen LogP contribution in [0.1, 0.15) is 33.3 Å². The van der Waals surface area contributed by atoms with Crippen molar-refractivity contribution in [2.45, 2.75) is 43.7 Å². The highest BCUT2D eigenvalue weighted by Gasteiger charge is 2.43. The van der Waals surface area contributed by atoms with E-state index in [0.29, 0.717) is 19.6 Å². The van der Waals surface area contributed by atoms with Crippen molar-refractivity contribution in [2.75, 3.05) is 30.8 Å². The van der Waals surface area contributed by atoms with E-state index in [2.05, 4.69) is 4.90 Å². The molecule has 0 bridgehead atoms. The lowest BCUT2D eigenvalue weighted by Gasteiger charge is -2.49. The Bertz CT molecular complexity index is 1010. The summed E-state index contributed by atoms with van der Waals surface area (Å²) < 4.78 is 29.7. The molecule has 1 aliphatic heterocycles. The number of ether oxygens (including phenoxy) is 1. The molecular weight excluding hydrogens is 400 g/mol. The number of piperazine rings is 1. The van der Waals surface area contributed by atoms with Crippen molar-refractivity contribution in [1.82, 2.24) is 4.90 Å². The highest BCUT2D eigenvalue weighted by molar-refractivity contribution is 7.90. The van der Waals surface area contributed by atoms with Gasteiger partial charge >= 0.3 is 6.09 Å². The van der Waals surface area contributed by atoms with Crippen LogP contribution in [-0.4, -0.2) is 50.9 Å². The molecule has 1 fully saturated rings. The van der Waals surface area contributed by atoms with E-state index in [1.807, 2.05) is 64.1 Å². The maximum atomic E-state index is 13.0. The second-order valence-corrected chi connectivity index (χ2v) is 11.0. The van der Waals surface area contributed by atoms with E-state index in [0.717, 1.165) is 11.3 Å². The number of carbonyl (C=O) groups excluding carboxylic acids is 1. The molecule has 1 heterocycles. The monoisotopic (exact) mass is 430 g/mol. The number of hydrogen-bond donors (Lipinski definition) is 0. The first-order chi connectivity index (χ1) is 13.9. The van der Waals surface area contributed by atoms with E-state index in [-0.39, 0.29) is 11.0 Å². The van der Waals surface area contributed by atoms with E-state index in [4.69, 9.17) is 4.74 Å². The maximum Gasteiger partial charge on any atom is 0.411 e. The van der Waals surface area contributed by atoms with Gasteiger partial charge in [-0.05, 0) is 51.5 Å². The highest BCUT2D eigenvalue weighted by atomic mass is 32.2. The Morgan fingerprint density at radius 2 is 1.70 bits per heavy atom. The lowest BCUT2D eigenvalue weighted by Crippen LogP contribution is -2.61. The minimum atomic E-state index is -3.30. The third kappa shape index (κ3) is 4.78. The van der Waals surface area contributed by atoms with Crippen LogP contribution in [0.15, 0.2) is 59.5 Å². The van der Waals surface area contributed by atoms with E-state index in [9.17, 15) is 13.2 Å². The number of anilines is 1. The number of amides is 1. The summed E-state index contributed by atoms with van der Waals surface area (Å²) in [6.45, 7) is 9.16. The van der Waals surface area contributed by atoms with Gasteiger partial charge in [-0.3, -0.25) is 4.90 Å². The Kier molecular flexibility index (Phi) is 5.87. The molecule has 1 amide bonds. The molecule has 0 aliphatic carbocycles. The Morgan fingerprint density at radius 3 is 2.30 bits per heavy atom. The van der Waals surface area contributed by atoms with Crippen LogP contribution in [-0.2, 0) is 20.1 Å². The third-order valence-corrected chi connectivity index (χ3v) is 6.42. The fourth-order valence-electron chi connectivity index (χ4n) is 3.79. The standard InChI is InChI=1S/C23H30N2O4S/c1-22(2,3)29-21(26)25-15-14-24(17-23(25,4)18-10-7-6-8-11-18)19-12-9-13-20(16-19)30(5,27)28/h6-13,16H,14-15,17H2,1-5H3. The first-order valence-corrected chi connectivity index (χ1v) is 11.9. The van der Waals surface area contributed by atoms with Crippen molar-refractivity contribution < 1.29 is 17.9 Å². The molecule has 1 aliphatic rings. The van der Waals surface area contributed by atoms with Gasteiger partial charge in [-0.1, -0.05) is 36.4 Å². The van der Waals surface area contributed by atoms with Crippen molar-refractivity contribution in [3.63, 3.8) is 0 Å². The highest BCUT2D eigenvalue weighted by Crippen LogP contribution is 2.35. The summed E-state index contributed by atoms with van der Waals surface area (Å²) >= 11 is 0. The second kappa shape index (κ2) is 7.95. The minimum Gasteiger partial charge on any atom is -0.444 e. The molecular formula is C23H30N2O4S. The summed E-state index contributed by atoms with van der Waals surface area (Å²) in [4.78, 5) is 17.2. The number of hydrogen-bond acceptors (Lipinski definition) is 5. The van der Waals surface area contributed by atoms with Gasteiger partial charge in [0.1, 0.15) is 5.60 Å². The molecule has 0 spiro atoms. The largest absolute Gasteiger partial charge is 0.444 e. The van der Waals surface area contributed by atoms with Crippen molar-refractivity contribution in [3.05, 3.63) is 60.2 Å². The van der Waals surface area contributed by atoms with Gasteiger partial charge in [0.05, 0.1) is 10.4 Å². The minimum absolute atomic E-state index is 0.288. The van der Waals surface area contributed by atoms with E-state index >= 15 is 0 Å². The number of sulfone groups is 1. The summed E-state index contributed by atoms with van der Waals surface area (Å²) in [6.07, 6.45) is 0.860. The lowest BCUT2D eigenvalue weighted by molar-refractivity contribution is -0.00472. The second-order valence-electron chi connectivity index (χ2n) is 8.96. The van der Waals surface area contributed by atoms with Gasteiger partial charge in [-0.2, -0.15) is 0 Å². The van der Waals surface area contributed by atoms with Crippen LogP contribution in [0.4, 0.5) is 10.5 Å². The van der Waals surface area contributed by atoms with Crippen molar-refractivity contribution >= 4 is 21.6 Å². The average molecular weight is 431 g/mol. The molecule has 7 heteroatoms. The molecule has 3 rings (SSSR count). The Balaban J connectivity index is 1.98. The predicted molar refractivity (Wildman–Crippen MR) is 118 cm³/mol. The maximum absolute atomic E-state index is 13.0. The van der Waals surface area contributed by atoms with E-state index < -0.39 is 21.0 Å². The summed E-state index contributed by atoms with van der Waals surface area (Å²) in [5.74, 6) is 0. The normalized spacial score (nSPS) is 20.2. The van der Waals surface area contributed by atoms with Gasteiger partial charge < -0.3 is 9.64 Å². The van der Waals surface area contributed by atoms with Gasteiger partial charge in [-0.25, -0.2) is 13.2 Å². The van der Waals surface area contributed by atoms with Crippen molar-refractivity contribution in [1.29, 1.82) is 0 Å². The van der Waals surface area contributed by atoms with Crippen LogP contribution in [0, 0.1) is 0 Å². The van der Waals surface area contributed by atoms with Crippen LogP contribution in [0.2, 0.25) is 0 Å². The molecule has 162 valence electrons. The average Bonchev–Trinajstić information content (AvgIpc) is 2.66. The molecule has 0 radical (unpaired) electrons. The Morgan fingerprint density at radius 1 is 1.03 bits per heavy atom. The number of nitrogens with zero attached hydrogens (tertiary/aromatic N) is 2. The van der Waals surface area contributed by atoms with Gasteiger partial charge in [-0.15, -0.1) is 0 Å². The van der Waals surface area contributed by atoms with Gasteiger partial charge in [0.25, 0.3) is 0 Å². The Labute approximate surface area is 179 Å². The van der Waals surface area contributed by atoms with Crippen molar-refractivity contribution in [3.8, 4) is 0 Å². The van der Waals surface area contributed by atoms with Crippen LogP contribution >= 0.6 is 0 Å². The predicted octanol–water partition coefficient (Wildman–Crippen LogP) is 4.06. The number of benzene rings is 2. The third-order valence-electron chi connectivity index (χ3n) is 5.31. The zero-order valence-corrected chi connectivity index (χ0v) is 19.1. The molecule has 6 nitrogen and oxygen atoms in total. The summed E-state index contributed by atoms with van der Waals surface area (Å²) in [6, 6.07) is 16.8. The molecule has 2 aromatic rings. The van der Waals surface area contributed by atoms with Gasteiger partial charge in [0.2, 0.25) is 0 Å². The van der Waals surface area contributed by atoms with Gasteiger partial charge in [0.15, 0.2) is 9.84 Å². The van der Waals surface area contributed by atoms with Crippen LogP contribution in [0.5, 0.6) is 0 Å². The quantitative estimate of drug-likeness (QED) is 0.735. The van der Waals surface area contributed by atoms with Crippen LogP contribution in [0.25, 0.3) is 0 Å². The SMILES string of the molecule is CC(C)(C)OC(=O)N1CCN(c2cccc(S(C)(=O)=O)c2)CC1(C)c1ccccc1. The first kappa shape index (κ1) is 22.2. The van der Waals surface area contributed by atoms with Crippen molar-refractivity contribution in [2.24, 2.45) is 0 Å². The fraction of sp³-hybridized carbons (Fsp3) is 0.435. The molecule has 2 aromatic carbocycles. The number of rotatable bonds is 3. The summed E-state index contributed by atoms with van der Waals surface area (Å²) in [5, 5.41) is 0. The molecule has 1 saturated heterocycles. The molecule has 0 N–H and O–H groups in total. The smallest absolute Gasteiger partial charge is 0.411 e. The van der Waals surface area contributed by atoms with Gasteiger partial charge in [0, 0.05) is 31.6 Å². The topological polar surface area (TPSA) is 66.9 Å². The summed E-state index contributed by atoms with van der Waals surface area (Å²) in [5.41, 5.74) is 0.599. The molecule has 0 aromatic heterocycles. The number of carbonyl (C=O) groups is 1. The zero-order chi connectivity index (χ0) is 22.2.